The first-order valence-corrected chi connectivity index (χ1v) is 7.02. The summed E-state index contributed by atoms with van der Waals surface area (Å²) in [6.07, 6.45) is 0.832. The number of carbonyl (C=O) groups is 1. The van der Waals surface area contributed by atoms with Crippen molar-refractivity contribution in [3.8, 4) is 5.75 Å². The number of carbonyl (C=O) groups excluding carboxylic acids is 1. The molecule has 0 radical (unpaired) electrons. The van der Waals surface area contributed by atoms with Crippen LogP contribution >= 0.6 is 0 Å². The second-order valence-corrected chi connectivity index (χ2v) is 5.33. The first-order chi connectivity index (χ1) is 10.1. The Morgan fingerprint density at radius 2 is 2.14 bits per heavy atom. The summed E-state index contributed by atoms with van der Waals surface area (Å²) in [5.74, 6) is 0.817. The zero-order valence-corrected chi connectivity index (χ0v) is 11.9. The number of nitrogens with one attached hydrogen (secondary N) is 1. The predicted molar refractivity (Wildman–Crippen MR) is 82.5 cm³/mol. The van der Waals surface area contributed by atoms with Crippen LogP contribution < -0.4 is 15.8 Å². The Hall–Kier alpha value is -2.49. The molecule has 4 heteroatoms. The number of anilines is 1. The van der Waals surface area contributed by atoms with E-state index < -0.39 is 0 Å². The highest BCUT2D eigenvalue weighted by molar-refractivity contribution is 5.94. The highest BCUT2D eigenvalue weighted by Gasteiger charge is 2.22. The Labute approximate surface area is 123 Å². The first kappa shape index (κ1) is 13.5. The third kappa shape index (κ3) is 2.84. The highest BCUT2D eigenvalue weighted by Crippen LogP contribution is 2.27. The summed E-state index contributed by atoms with van der Waals surface area (Å²) in [6.45, 7) is 2.39. The number of benzene rings is 2. The fraction of sp³-hybridized carbons (Fsp3) is 0.235. The average Bonchev–Trinajstić information content (AvgIpc) is 2.90. The van der Waals surface area contributed by atoms with Gasteiger partial charge < -0.3 is 15.8 Å². The number of hydrogen-bond donors (Lipinski definition) is 2. The molecule has 0 aromatic heterocycles. The Kier molecular flexibility index (Phi) is 3.52. The molecular weight excluding hydrogens is 264 g/mol. The number of ether oxygens (including phenoxy) is 1. The molecule has 0 saturated heterocycles. The van der Waals surface area contributed by atoms with Crippen molar-refractivity contribution in [3.05, 3.63) is 59.2 Å². The fourth-order valence-electron chi connectivity index (χ4n) is 2.49. The second kappa shape index (κ2) is 5.48. The third-order valence-corrected chi connectivity index (χ3v) is 3.74. The van der Waals surface area contributed by atoms with Gasteiger partial charge in [-0.05, 0) is 42.3 Å². The summed E-state index contributed by atoms with van der Waals surface area (Å²) in [4.78, 5) is 12.1. The summed E-state index contributed by atoms with van der Waals surface area (Å²) in [5, 5.41) is 2.92. The Bertz CT molecular complexity index is 657. The summed E-state index contributed by atoms with van der Waals surface area (Å²) in [7, 11) is 0. The van der Waals surface area contributed by atoms with Crippen LogP contribution in [0, 0.1) is 6.92 Å². The molecule has 1 aliphatic rings. The molecule has 21 heavy (non-hydrogen) atoms. The van der Waals surface area contributed by atoms with Crippen molar-refractivity contribution in [2.24, 2.45) is 0 Å². The van der Waals surface area contributed by atoms with Gasteiger partial charge in [-0.25, -0.2) is 0 Å². The van der Waals surface area contributed by atoms with Crippen molar-refractivity contribution in [3.63, 3.8) is 0 Å². The van der Waals surface area contributed by atoms with Gasteiger partial charge in [-0.3, -0.25) is 4.79 Å². The number of rotatable bonds is 3. The second-order valence-electron chi connectivity index (χ2n) is 5.33. The van der Waals surface area contributed by atoms with Crippen LogP contribution in [0.25, 0.3) is 0 Å². The zero-order chi connectivity index (χ0) is 14.8. The molecule has 3 N–H and O–H groups in total. The number of nitrogens with two attached hydrogens (primary N) is 1. The van der Waals surface area contributed by atoms with Gasteiger partial charge in [-0.15, -0.1) is 0 Å². The topological polar surface area (TPSA) is 64.3 Å². The number of aryl methyl sites for hydroxylation is 1. The van der Waals surface area contributed by atoms with Crippen LogP contribution in [0.2, 0.25) is 0 Å². The van der Waals surface area contributed by atoms with Gasteiger partial charge in [0.25, 0.3) is 5.91 Å². The molecule has 2 aromatic carbocycles. The van der Waals surface area contributed by atoms with Crippen molar-refractivity contribution < 1.29 is 9.53 Å². The maximum atomic E-state index is 12.1. The third-order valence-electron chi connectivity index (χ3n) is 3.74. The minimum Gasteiger partial charge on any atom is -0.488 e. The maximum absolute atomic E-state index is 12.1. The van der Waals surface area contributed by atoms with E-state index in [1.54, 1.807) is 18.2 Å². The first-order valence-electron chi connectivity index (χ1n) is 7.02. The fourth-order valence-corrected chi connectivity index (χ4v) is 2.49. The van der Waals surface area contributed by atoms with E-state index in [9.17, 15) is 4.79 Å². The van der Waals surface area contributed by atoms with E-state index in [-0.39, 0.29) is 12.0 Å². The molecule has 108 valence electrons. The van der Waals surface area contributed by atoms with Gasteiger partial charge in [0.15, 0.2) is 0 Å². The largest absolute Gasteiger partial charge is 0.488 e. The average molecular weight is 282 g/mol. The van der Waals surface area contributed by atoms with Gasteiger partial charge in [0.2, 0.25) is 0 Å². The summed E-state index contributed by atoms with van der Waals surface area (Å²) < 4.78 is 5.80. The Morgan fingerprint density at radius 3 is 2.90 bits per heavy atom. The Balaban J connectivity index is 1.59. The molecule has 1 aliphatic heterocycles. The van der Waals surface area contributed by atoms with Gasteiger partial charge in [-0.1, -0.05) is 18.2 Å². The van der Waals surface area contributed by atoms with Crippen molar-refractivity contribution in [2.75, 3.05) is 12.3 Å². The molecule has 3 rings (SSSR count). The lowest BCUT2D eigenvalue weighted by molar-refractivity contribution is 0.0933. The monoisotopic (exact) mass is 282 g/mol. The van der Waals surface area contributed by atoms with Crippen LogP contribution in [0.4, 0.5) is 5.69 Å². The van der Waals surface area contributed by atoms with E-state index in [1.165, 1.54) is 5.56 Å². The van der Waals surface area contributed by atoms with Gasteiger partial charge in [0, 0.05) is 17.7 Å². The van der Waals surface area contributed by atoms with Gasteiger partial charge in [0.05, 0.1) is 6.54 Å². The van der Waals surface area contributed by atoms with E-state index in [1.807, 2.05) is 25.1 Å². The molecule has 1 amide bonds. The van der Waals surface area contributed by atoms with E-state index in [4.69, 9.17) is 10.5 Å². The molecule has 0 bridgehead atoms. The van der Waals surface area contributed by atoms with Crippen LogP contribution in [-0.2, 0) is 6.42 Å². The van der Waals surface area contributed by atoms with Crippen LogP contribution in [0.5, 0.6) is 5.75 Å². The lowest BCUT2D eigenvalue weighted by Crippen LogP contribution is -2.34. The minimum atomic E-state index is -0.0994. The molecule has 0 fully saturated rings. The number of fused-ring (bicyclic) bond motifs is 1. The van der Waals surface area contributed by atoms with Crippen molar-refractivity contribution in [1.29, 1.82) is 0 Å². The van der Waals surface area contributed by atoms with Crippen molar-refractivity contribution in [2.45, 2.75) is 19.4 Å². The molecule has 4 nitrogen and oxygen atoms in total. The smallest absolute Gasteiger partial charge is 0.251 e. The van der Waals surface area contributed by atoms with Gasteiger partial charge >= 0.3 is 0 Å². The molecule has 0 saturated carbocycles. The van der Waals surface area contributed by atoms with Crippen LogP contribution in [0.15, 0.2) is 42.5 Å². The van der Waals surface area contributed by atoms with Gasteiger partial charge in [0.1, 0.15) is 11.9 Å². The van der Waals surface area contributed by atoms with E-state index in [0.29, 0.717) is 17.8 Å². The van der Waals surface area contributed by atoms with Crippen LogP contribution in [-0.4, -0.2) is 18.6 Å². The molecule has 1 heterocycles. The summed E-state index contributed by atoms with van der Waals surface area (Å²) in [6, 6.07) is 13.3. The van der Waals surface area contributed by atoms with Crippen LogP contribution in [0.1, 0.15) is 21.5 Å². The van der Waals surface area contributed by atoms with Crippen LogP contribution in [0.3, 0.4) is 0 Å². The normalized spacial score (nSPS) is 16.1. The molecule has 1 unspecified atom stereocenters. The van der Waals surface area contributed by atoms with E-state index in [2.05, 4.69) is 11.4 Å². The number of amides is 1. The molecule has 1 atom stereocenters. The van der Waals surface area contributed by atoms with E-state index in [0.717, 1.165) is 17.7 Å². The SMILES string of the molecule is Cc1cc(C(=O)NCC2Cc3ccccc3O2)ccc1N. The predicted octanol–water partition coefficient (Wildman–Crippen LogP) is 2.31. The lowest BCUT2D eigenvalue weighted by atomic mass is 10.1. The number of para-hydroxylation sites is 1. The molecular formula is C17H18N2O2. The lowest BCUT2D eigenvalue weighted by Gasteiger charge is -2.12. The number of nitrogen functional groups attached to an aromatic ring is 1. The molecule has 0 spiro atoms. The van der Waals surface area contributed by atoms with Crippen molar-refractivity contribution >= 4 is 11.6 Å². The quantitative estimate of drug-likeness (QED) is 0.849. The van der Waals surface area contributed by atoms with E-state index >= 15 is 0 Å². The summed E-state index contributed by atoms with van der Waals surface area (Å²) >= 11 is 0. The number of hydrogen-bond acceptors (Lipinski definition) is 3. The van der Waals surface area contributed by atoms with Gasteiger partial charge in [-0.2, -0.15) is 0 Å². The summed E-state index contributed by atoms with van der Waals surface area (Å²) in [5.41, 5.74) is 9.18. The standard InChI is InChI=1S/C17H18N2O2/c1-11-8-13(6-7-15(11)18)17(20)19-10-14-9-12-4-2-3-5-16(12)21-14/h2-8,14H,9-10,18H2,1H3,(H,19,20). The zero-order valence-electron chi connectivity index (χ0n) is 11.9. The Morgan fingerprint density at radius 1 is 1.33 bits per heavy atom. The van der Waals surface area contributed by atoms with Crippen molar-refractivity contribution in [1.82, 2.24) is 5.32 Å². The maximum Gasteiger partial charge on any atom is 0.251 e. The molecule has 2 aromatic rings. The highest BCUT2D eigenvalue weighted by atomic mass is 16.5. The molecule has 0 aliphatic carbocycles. The minimum absolute atomic E-state index is 0.00114.